The number of carbonyl (C=O) groups is 2. The zero-order valence-electron chi connectivity index (χ0n) is 21.6. The van der Waals surface area contributed by atoms with Crippen molar-refractivity contribution in [2.24, 2.45) is 0 Å². The zero-order chi connectivity index (χ0) is 27.2. The summed E-state index contributed by atoms with van der Waals surface area (Å²) in [5.41, 5.74) is 1.91. The molecule has 3 aromatic rings. The van der Waals surface area contributed by atoms with Crippen LogP contribution in [0.4, 0.5) is 4.39 Å². The van der Waals surface area contributed by atoms with E-state index in [4.69, 9.17) is 9.47 Å². The van der Waals surface area contributed by atoms with E-state index in [-0.39, 0.29) is 16.9 Å². The van der Waals surface area contributed by atoms with Crippen LogP contribution >= 0.6 is 0 Å². The molecule has 7 nitrogen and oxygen atoms in total. The van der Waals surface area contributed by atoms with Crippen LogP contribution in [0.3, 0.4) is 0 Å². The average molecular weight is 531 g/mol. The second-order valence-corrected chi connectivity index (χ2v) is 9.65. The maximum Gasteiger partial charge on any atom is 0.295 e. The van der Waals surface area contributed by atoms with E-state index in [1.165, 1.54) is 29.2 Å². The summed E-state index contributed by atoms with van der Waals surface area (Å²) in [5.74, 6) is -1.64. The number of carbonyl (C=O) groups excluding carboxylic acids is 2. The van der Waals surface area contributed by atoms with Gasteiger partial charge in [-0.1, -0.05) is 42.5 Å². The van der Waals surface area contributed by atoms with Crippen LogP contribution in [0.25, 0.3) is 5.76 Å². The van der Waals surface area contributed by atoms with Crippen molar-refractivity contribution in [1.82, 2.24) is 9.80 Å². The SMILES string of the molecule is O=C1C(=O)N(CCCN2CCOCC2)C(c2cccc(OCc3ccccc3)c2)/C1=C(\O)c1ccc(F)cc1. The largest absolute Gasteiger partial charge is 0.507 e. The molecule has 2 heterocycles. The highest BCUT2D eigenvalue weighted by atomic mass is 19.1. The van der Waals surface area contributed by atoms with Crippen molar-refractivity contribution in [2.75, 3.05) is 39.4 Å². The van der Waals surface area contributed by atoms with Crippen LogP contribution in [0.2, 0.25) is 0 Å². The quantitative estimate of drug-likeness (QED) is 0.249. The fraction of sp³-hybridized carbons (Fsp3) is 0.290. The third-order valence-electron chi connectivity index (χ3n) is 7.06. The lowest BCUT2D eigenvalue weighted by Gasteiger charge is -2.29. The molecule has 39 heavy (non-hydrogen) atoms. The van der Waals surface area contributed by atoms with E-state index in [1.807, 2.05) is 42.5 Å². The number of ketones is 1. The number of nitrogens with zero attached hydrogens (tertiary/aromatic N) is 2. The van der Waals surface area contributed by atoms with E-state index in [0.29, 0.717) is 44.1 Å². The molecular formula is C31H31FN2O5. The molecule has 1 unspecified atom stereocenters. The van der Waals surface area contributed by atoms with Crippen molar-refractivity contribution in [2.45, 2.75) is 19.1 Å². The lowest BCUT2D eigenvalue weighted by Crippen LogP contribution is -2.38. The van der Waals surface area contributed by atoms with Crippen LogP contribution in [-0.4, -0.2) is 66.0 Å². The van der Waals surface area contributed by atoms with E-state index in [1.54, 1.807) is 12.1 Å². The van der Waals surface area contributed by atoms with Gasteiger partial charge in [0.1, 0.15) is 23.9 Å². The van der Waals surface area contributed by atoms with Gasteiger partial charge >= 0.3 is 0 Å². The Bertz CT molecular complexity index is 1340. The third-order valence-corrected chi connectivity index (χ3v) is 7.06. The van der Waals surface area contributed by atoms with Gasteiger partial charge in [0.05, 0.1) is 24.8 Å². The number of rotatable bonds is 9. The van der Waals surface area contributed by atoms with Gasteiger partial charge in [-0.05, 0) is 53.9 Å². The molecule has 0 aliphatic carbocycles. The zero-order valence-corrected chi connectivity index (χ0v) is 21.6. The van der Waals surface area contributed by atoms with Crippen LogP contribution < -0.4 is 4.74 Å². The summed E-state index contributed by atoms with van der Waals surface area (Å²) in [5, 5.41) is 11.2. The molecular weight excluding hydrogens is 499 g/mol. The second-order valence-electron chi connectivity index (χ2n) is 9.65. The third kappa shape index (κ3) is 6.19. The molecule has 3 aromatic carbocycles. The first-order valence-electron chi connectivity index (χ1n) is 13.1. The Morgan fingerprint density at radius 2 is 1.69 bits per heavy atom. The van der Waals surface area contributed by atoms with Crippen molar-refractivity contribution >= 4 is 17.4 Å². The normalized spacial score (nSPS) is 19.4. The summed E-state index contributed by atoms with van der Waals surface area (Å²) in [6.45, 7) is 4.47. The van der Waals surface area contributed by atoms with Gasteiger partial charge in [-0.25, -0.2) is 4.39 Å². The van der Waals surface area contributed by atoms with Crippen LogP contribution in [0.15, 0.2) is 84.4 Å². The molecule has 1 N–H and O–H groups in total. The molecule has 2 aliphatic heterocycles. The highest BCUT2D eigenvalue weighted by Gasteiger charge is 2.46. The van der Waals surface area contributed by atoms with Crippen LogP contribution in [0.5, 0.6) is 5.75 Å². The molecule has 202 valence electrons. The van der Waals surface area contributed by atoms with Crippen molar-refractivity contribution in [3.8, 4) is 5.75 Å². The molecule has 0 saturated carbocycles. The number of Topliss-reactive ketones (excluding diaryl/α,β-unsaturated/α-hetero) is 1. The van der Waals surface area contributed by atoms with E-state index < -0.39 is 23.5 Å². The number of aliphatic hydroxyl groups excluding tert-OH is 1. The summed E-state index contributed by atoms with van der Waals surface area (Å²) in [4.78, 5) is 30.4. The molecule has 5 rings (SSSR count). The number of halogens is 1. The molecule has 8 heteroatoms. The highest BCUT2D eigenvalue weighted by Crippen LogP contribution is 2.40. The van der Waals surface area contributed by atoms with Crippen LogP contribution in [-0.2, 0) is 20.9 Å². The molecule has 0 spiro atoms. The van der Waals surface area contributed by atoms with E-state index in [0.717, 1.165) is 25.2 Å². The van der Waals surface area contributed by atoms with Gasteiger partial charge in [0.2, 0.25) is 0 Å². The van der Waals surface area contributed by atoms with Gasteiger partial charge < -0.3 is 19.5 Å². The molecule has 0 aromatic heterocycles. The first kappa shape index (κ1) is 26.6. The first-order valence-corrected chi connectivity index (χ1v) is 13.1. The minimum atomic E-state index is -0.806. The lowest BCUT2D eigenvalue weighted by molar-refractivity contribution is -0.140. The van der Waals surface area contributed by atoms with Crippen molar-refractivity contribution < 1.29 is 28.6 Å². The summed E-state index contributed by atoms with van der Waals surface area (Å²) < 4.78 is 25.0. The molecule has 2 fully saturated rings. The maximum absolute atomic E-state index is 13.5. The fourth-order valence-corrected chi connectivity index (χ4v) is 5.03. The Hall–Kier alpha value is -4.01. The number of likely N-dealkylation sites (tertiary alicyclic amines) is 1. The standard InChI is InChI=1S/C31H31FN2O5/c32-25-12-10-23(11-13-25)29(35)27-28(24-8-4-9-26(20-24)39-21-22-6-2-1-3-7-22)34(31(37)30(27)36)15-5-14-33-16-18-38-19-17-33/h1-4,6-13,20,28,35H,5,14-19,21H2/b29-27+. The number of ether oxygens (including phenoxy) is 2. The summed E-state index contributed by atoms with van der Waals surface area (Å²) in [6, 6.07) is 21.4. The lowest BCUT2D eigenvalue weighted by atomic mass is 9.95. The molecule has 0 bridgehead atoms. The van der Waals surface area contributed by atoms with E-state index in [9.17, 15) is 19.1 Å². The number of benzene rings is 3. The fourth-order valence-electron chi connectivity index (χ4n) is 5.03. The monoisotopic (exact) mass is 530 g/mol. The molecule has 2 aliphatic rings. The average Bonchev–Trinajstić information content (AvgIpc) is 3.22. The van der Waals surface area contributed by atoms with Crippen LogP contribution in [0.1, 0.15) is 29.2 Å². The highest BCUT2D eigenvalue weighted by molar-refractivity contribution is 6.46. The number of amides is 1. The Morgan fingerprint density at radius 3 is 2.44 bits per heavy atom. The molecule has 0 radical (unpaired) electrons. The molecule has 1 amide bonds. The molecule has 1 atom stereocenters. The van der Waals surface area contributed by atoms with Crippen molar-refractivity contribution in [3.05, 3.63) is 107 Å². The Morgan fingerprint density at radius 1 is 0.949 bits per heavy atom. The number of hydrogen-bond donors (Lipinski definition) is 1. The van der Waals surface area contributed by atoms with Gasteiger partial charge in [0.15, 0.2) is 0 Å². The maximum atomic E-state index is 13.5. The van der Waals surface area contributed by atoms with Gasteiger partial charge in [0, 0.05) is 31.7 Å². The number of aliphatic hydroxyl groups is 1. The predicted molar refractivity (Wildman–Crippen MR) is 145 cm³/mol. The summed E-state index contributed by atoms with van der Waals surface area (Å²) in [7, 11) is 0. The topological polar surface area (TPSA) is 79.3 Å². The van der Waals surface area contributed by atoms with E-state index >= 15 is 0 Å². The van der Waals surface area contributed by atoms with Gasteiger partial charge in [-0.3, -0.25) is 14.5 Å². The number of hydrogen-bond acceptors (Lipinski definition) is 6. The minimum Gasteiger partial charge on any atom is -0.507 e. The Labute approximate surface area is 227 Å². The first-order chi connectivity index (χ1) is 19.0. The van der Waals surface area contributed by atoms with Gasteiger partial charge in [0.25, 0.3) is 11.7 Å². The second kappa shape index (κ2) is 12.2. The van der Waals surface area contributed by atoms with E-state index in [2.05, 4.69) is 4.90 Å². The summed E-state index contributed by atoms with van der Waals surface area (Å²) >= 11 is 0. The van der Waals surface area contributed by atoms with Gasteiger partial charge in [-0.15, -0.1) is 0 Å². The Balaban J connectivity index is 1.45. The van der Waals surface area contributed by atoms with Gasteiger partial charge in [-0.2, -0.15) is 0 Å². The minimum absolute atomic E-state index is 0.0156. The van der Waals surface area contributed by atoms with Crippen molar-refractivity contribution in [3.63, 3.8) is 0 Å². The van der Waals surface area contributed by atoms with Crippen LogP contribution in [0, 0.1) is 5.82 Å². The number of morpholine rings is 1. The summed E-state index contributed by atoms with van der Waals surface area (Å²) in [6.07, 6.45) is 0.657. The predicted octanol–water partition coefficient (Wildman–Crippen LogP) is 4.55. The van der Waals surface area contributed by atoms with Crippen molar-refractivity contribution in [1.29, 1.82) is 0 Å². The smallest absolute Gasteiger partial charge is 0.295 e. The molecule has 2 saturated heterocycles. The Kier molecular flexibility index (Phi) is 8.34.